The summed E-state index contributed by atoms with van der Waals surface area (Å²) in [6.07, 6.45) is 3.53. The Labute approximate surface area is 210 Å². The number of aromatic nitrogens is 2. The van der Waals surface area contributed by atoms with Gasteiger partial charge in [0.15, 0.2) is 5.69 Å². The predicted molar refractivity (Wildman–Crippen MR) is 141 cm³/mol. The van der Waals surface area contributed by atoms with Crippen molar-refractivity contribution in [2.75, 3.05) is 26.7 Å². The van der Waals surface area contributed by atoms with Gasteiger partial charge in [-0.15, -0.1) is 0 Å². The van der Waals surface area contributed by atoms with Crippen molar-refractivity contribution in [3.63, 3.8) is 0 Å². The monoisotopic (exact) mass is 482 g/mol. The van der Waals surface area contributed by atoms with Crippen LogP contribution in [0.3, 0.4) is 0 Å². The summed E-state index contributed by atoms with van der Waals surface area (Å²) in [5.74, 6) is 0.505. The first kappa shape index (κ1) is 23.8. The summed E-state index contributed by atoms with van der Waals surface area (Å²) in [5.41, 5.74) is 1.73. The lowest BCUT2D eigenvalue weighted by Crippen LogP contribution is -2.41. The number of hydrogen-bond donors (Lipinski definition) is 1. The van der Waals surface area contributed by atoms with Gasteiger partial charge >= 0.3 is 0 Å². The van der Waals surface area contributed by atoms with Crippen molar-refractivity contribution < 1.29 is 9.53 Å². The van der Waals surface area contributed by atoms with E-state index in [9.17, 15) is 9.59 Å². The highest BCUT2D eigenvalue weighted by Gasteiger charge is 2.24. The molecule has 36 heavy (non-hydrogen) atoms. The molecule has 3 aromatic carbocycles. The largest absolute Gasteiger partial charge is 0.497 e. The van der Waals surface area contributed by atoms with E-state index in [-0.39, 0.29) is 23.2 Å². The van der Waals surface area contributed by atoms with Gasteiger partial charge in [0, 0.05) is 11.9 Å². The van der Waals surface area contributed by atoms with Crippen LogP contribution in [-0.4, -0.2) is 47.3 Å². The molecule has 4 aromatic rings. The Morgan fingerprint density at radius 1 is 0.917 bits per heavy atom. The molecule has 0 bridgehead atoms. The van der Waals surface area contributed by atoms with Gasteiger partial charge in [0.05, 0.1) is 24.2 Å². The number of nitrogens with zero attached hydrogens (tertiary/aromatic N) is 3. The normalized spacial score (nSPS) is 14.9. The molecule has 0 spiro atoms. The van der Waals surface area contributed by atoms with E-state index in [0.717, 1.165) is 37.2 Å². The standard InChI is InChI=1S/C29H30N4O3/c1-36-23-16-14-21(15-17-23)26(32-18-8-3-9-19-32)20-30-28(34)27-24-12-6-7-13-25(24)29(35)33(31-27)22-10-4-2-5-11-22/h2,4-7,10-17,26H,3,8-9,18-20H2,1H3,(H,30,34). The van der Waals surface area contributed by atoms with Gasteiger partial charge in [-0.05, 0) is 61.8 Å². The second-order valence-electron chi connectivity index (χ2n) is 9.04. The summed E-state index contributed by atoms with van der Waals surface area (Å²) >= 11 is 0. The first-order valence-electron chi connectivity index (χ1n) is 12.4. The topological polar surface area (TPSA) is 76.5 Å². The van der Waals surface area contributed by atoms with Crippen LogP contribution in [0.5, 0.6) is 5.75 Å². The molecule has 0 saturated carbocycles. The van der Waals surface area contributed by atoms with Gasteiger partial charge in [0.2, 0.25) is 0 Å². The highest BCUT2D eigenvalue weighted by atomic mass is 16.5. The molecule has 7 heteroatoms. The van der Waals surface area contributed by atoms with Crippen molar-refractivity contribution in [3.8, 4) is 11.4 Å². The number of ether oxygens (including phenoxy) is 1. The highest BCUT2D eigenvalue weighted by Crippen LogP contribution is 2.26. The lowest BCUT2D eigenvalue weighted by Gasteiger charge is -2.35. The third-order valence-electron chi connectivity index (χ3n) is 6.81. The van der Waals surface area contributed by atoms with Crippen LogP contribution in [-0.2, 0) is 0 Å². The third kappa shape index (κ3) is 4.88. The fourth-order valence-electron chi connectivity index (χ4n) is 4.89. The van der Waals surface area contributed by atoms with Crippen LogP contribution in [0.15, 0.2) is 83.7 Å². The fourth-order valence-corrected chi connectivity index (χ4v) is 4.89. The highest BCUT2D eigenvalue weighted by molar-refractivity contribution is 6.04. The molecule has 1 aliphatic heterocycles. The van der Waals surface area contributed by atoms with E-state index in [0.29, 0.717) is 23.0 Å². The molecule has 1 saturated heterocycles. The van der Waals surface area contributed by atoms with Crippen molar-refractivity contribution >= 4 is 16.7 Å². The summed E-state index contributed by atoms with van der Waals surface area (Å²) in [4.78, 5) is 29.1. The van der Waals surface area contributed by atoms with Crippen molar-refractivity contribution in [2.45, 2.75) is 25.3 Å². The number of piperidine rings is 1. The SMILES string of the molecule is COc1ccc(C(CNC(=O)c2nn(-c3ccccc3)c(=O)c3ccccc23)N2CCCCC2)cc1. The number of benzene rings is 3. The second-order valence-corrected chi connectivity index (χ2v) is 9.04. The van der Waals surface area contributed by atoms with Crippen molar-refractivity contribution in [3.05, 3.63) is 100 Å². The molecule has 0 radical (unpaired) electrons. The summed E-state index contributed by atoms with van der Waals surface area (Å²) in [6, 6.07) is 24.4. The molecule has 1 N–H and O–H groups in total. The van der Waals surface area contributed by atoms with Crippen LogP contribution in [0, 0.1) is 0 Å². The van der Waals surface area contributed by atoms with Crippen LogP contribution in [0.1, 0.15) is 41.4 Å². The van der Waals surface area contributed by atoms with E-state index < -0.39 is 0 Å². The molecule has 1 fully saturated rings. The number of fused-ring (bicyclic) bond motifs is 1. The number of likely N-dealkylation sites (tertiary alicyclic amines) is 1. The Morgan fingerprint density at radius 3 is 2.28 bits per heavy atom. The van der Waals surface area contributed by atoms with Crippen LogP contribution >= 0.6 is 0 Å². The fraction of sp³-hybridized carbons (Fsp3) is 0.276. The molecule has 5 rings (SSSR count). The zero-order valence-electron chi connectivity index (χ0n) is 20.4. The first-order valence-corrected chi connectivity index (χ1v) is 12.4. The molecular weight excluding hydrogens is 452 g/mol. The van der Waals surface area contributed by atoms with Gasteiger partial charge in [-0.1, -0.05) is 55.0 Å². The summed E-state index contributed by atoms with van der Waals surface area (Å²) in [5, 5.41) is 8.65. The van der Waals surface area contributed by atoms with Crippen LogP contribution < -0.4 is 15.6 Å². The van der Waals surface area contributed by atoms with Crippen LogP contribution in [0.4, 0.5) is 0 Å². The van der Waals surface area contributed by atoms with E-state index in [4.69, 9.17) is 4.74 Å². The van der Waals surface area contributed by atoms with E-state index in [1.165, 1.54) is 11.1 Å². The number of methoxy groups -OCH3 is 1. The molecular formula is C29H30N4O3. The molecule has 0 aliphatic carbocycles. The van der Waals surface area contributed by atoms with Gasteiger partial charge in [0.1, 0.15) is 5.75 Å². The summed E-state index contributed by atoms with van der Waals surface area (Å²) in [7, 11) is 1.66. The minimum absolute atomic E-state index is 0.0337. The lowest BCUT2D eigenvalue weighted by atomic mass is 10.0. The first-order chi connectivity index (χ1) is 17.7. The minimum atomic E-state index is -0.300. The number of carbonyl (C=O) groups excluding carboxylic acids is 1. The average molecular weight is 483 g/mol. The molecule has 1 aromatic heterocycles. The predicted octanol–water partition coefficient (Wildman–Crippen LogP) is 4.35. The molecule has 184 valence electrons. The Bertz CT molecular complexity index is 1390. The van der Waals surface area contributed by atoms with Gasteiger partial charge in [-0.3, -0.25) is 14.5 Å². The van der Waals surface area contributed by atoms with Crippen LogP contribution in [0.2, 0.25) is 0 Å². The maximum atomic E-state index is 13.5. The van der Waals surface area contributed by atoms with Crippen molar-refractivity contribution in [1.29, 1.82) is 0 Å². The molecule has 1 amide bonds. The van der Waals surface area contributed by atoms with Crippen molar-refractivity contribution in [1.82, 2.24) is 20.0 Å². The number of amides is 1. The Kier molecular flexibility index (Phi) is 7.09. The maximum absolute atomic E-state index is 13.5. The zero-order chi connectivity index (χ0) is 24.9. The van der Waals surface area contributed by atoms with Gasteiger partial charge in [0.25, 0.3) is 11.5 Å². The van der Waals surface area contributed by atoms with E-state index in [1.54, 1.807) is 37.4 Å². The van der Waals surface area contributed by atoms with E-state index in [2.05, 4.69) is 27.4 Å². The second kappa shape index (κ2) is 10.7. The van der Waals surface area contributed by atoms with Crippen LogP contribution in [0.25, 0.3) is 16.5 Å². The number of nitrogens with one attached hydrogen (secondary N) is 1. The number of hydrogen-bond acceptors (Lipinski definition) is 5. The van der Waals surface area contributed by atoms with Gasteiger partial charge in [-0.2, -0.15) is 9.78 Å². The zero-order valence-corrected chi connectivity index (χ0v) is 20.4. The Morgan fingerprint density at radius 2 is 1.58 bits per heavy atom. The number of carbonyl (C=O) groups is 1. The smallest absolute Gasteiger partial charge is 0.279 e. The Balaban J connectivity index is 1.47. The average Bonchev–Trinajstić information content (AvgIpc) is 2.95. The van der Waals surface area contributed by atoms with Crippen molar-refractivity contribution in [2.24, 2.45) is 0 Å². The summed E-state index contributed by atoms with van der Waals surface area (Å²) < 4.78 is 6.64. The lowest BCUT2D eigenvalue weighted by molar-refractivity contribution is 0.0919. The molecule has 2 heterocycles. The molecule has 1 atom stereocenters. The molecule has 1 unspecified atom stereocenters. The minimum Gasteiger partial charge on any atom is -0.497 e. The number of para-hydroxylation sites is 1. The molecule has 1 aliphatic rings. The summed E-state index contributed by atoms with van der Waals surface area (Å²) in [6.45, 7) is 2.42. The van der Waals surface area contributed by atoms with E-state index in [1.807, 2.05) is 36.4 Å². The number of rotatable bonds is 7. The quantitative estimate of drug-likeness (QED) is 0.424. The maximum Gasteiger partial charge on any atom is 0.279 e. The Hall–Kier alpha value is -3.97. The van der Waals surface area contributed by atoms with Gasteiger partial charge < -0.3 is 10.1 Å². The third-order valence-corrected chi connectivity index (χ3v) is 6.81. The molecule has 7 nitrogen and oxygen atoms in total. The van der Waals surface area contributed by atoms with Gasteiger partial charge in [-0.25, -0.2) is 0 Å². The van der Waals surface area contributed by atoms with E-state index >= 15 is 0 Å².